The molecule has 2 aromatic carbocycles. The maximum Gasteiger partial charge on any atom is 0.272 e. The summed E-state index contributed by atoms with van der Waals surface area (Å²) < 4.78 is 13.7. The second-order valence-electron chi connectivity index (χ2n) is 3.73. The van der Waals surface area contributed by atoms with Crippen LogP contribution in [0.5, 0.6) is 0 Å². The summed E-state index contributed by atoms with van der Waals surface area (Å²) in [6, 6.07) is 9.09. The minimum Gasteiger partial charge on any atom is -0.288 e. The van der Waals surface area contributed by atoms with Crippen LogP contribution in [0.1, 0.15) is 15.9 Å². The minimum atomic E-state index is -0.945. The molecule has 0 saturated heterocycles. The van der Waals surface area contributed by atoms with Gasteiger partial charge in [-0.25, -0.2) is 4.39 Å². The summed E-state index contributed by atoms with van der Waals surface area (Å²) in [6.07, 6.45) is 0. The molecule has 6 heteroatoms. The molecule has 2 rings (SSSR count). The van der Waals surface area contributed by atoms with E-state index in [2.05, 4.69) is 0 Å². The summed E-state index contributed by atoms with van der Waals surface area (Å²) in [6.45, 7) is 0. The number of nitrogens with zero attached hydrogens (tertiary/aromatic N) is 1. The number of halogens is 2. The van der Waals surface area contributed by atoms with Gasteiger partial charge in [0.2, 0.25) is 0 Å². The first-order chi connectivity index (χ1) is 9.00. The van der Waals surface area contributed by atoms with E-state index >= 15 is 0 Å². The Balaban J connectivity index is 2.46. The Morgan fingerprint density at radius 3 is 2.42 bits per heavy atom. The Labute approximate surface area is 112 Å². The van der Waals surface area contributed by atoms with Gasteiger partial charge in [0.25, 0.3) is 5.69 Å². The quantitative estimate of drug-likeness (QED) is 0.490. The smallest absolute Gasteiger partial charge is 0.272 e. The van der Waals surface area contributed by atoms with Gasteiger partial charge in [-0.2, -0.15) is 0 Å². The summed E-state index contributed by atoms with van der Waals surface area (Å²) in [5.74, 6) is -1.56. The Bertz CT molecular complexity index is 673. The molecule has 0 bridgehead atoms. The lowest BCUT2D eigenvalue weighted by molar-refractivity contribution is -0.385. The van der Waals surface area contributed by atoms with Crippen molar-refractivity contribution >= 4 is 23.1 Å². The van der Waals surface area contributed by atoms with Gasteiger partial charge >= 0.3 is 0 Å². The van der Waals surface area contributed by atoms with E-state index in [-0.39, 0.29) is 16.1 Å². The molecule has 0 aliphatic carbocycles. The molecule has 19 heavy (non-hydrogen) atoms. The normalized spacial score (nSPS) is 10.2. The Kier molecular flexibility index (Phi) is 3.57. The molecule has 0 saturated carbocycles. The van der Waals surface area contributed by atoms with Gasteiger partial charge in [0.15, 0.2) is 5.78 Å². The van der Waals surface area contributed by atoms with E-state index in [9.17, 15) is 19.3 Å². The number of hydrogen-bond donors (Lipinski definition) is 0. The van der Waals surface area contributed by atoms with Gasteiger partial charge in [0.1, 0.15) is 5.82 Å². The van der Waals surface area contributed by atoms with Gasteiger partial charge < -0.3 is 0 Å². The molecule has 0 radical (unpaired) electrons. The molecular weight excluding hydrogens is 273 g/mol. The first kappa shape index (κ1) is 13.2. The Morgan fingerprint density at radius 1 is 1.16 bits per heavy atom. The predicted molar refractivity (Wildman–Crippen MR) is 67.9 cm³/mol. The third-order valence-corrected chi connectivity index (χ3v) is 2.86. The standard InChI is InChI=1S/C13H7ClFNO3/c14-11-4-2-1-3-9(11)13(17)10-6-5-8(16(18)19)7-12(10)15/h1-7H. The zero-order valence-electron chi connectivity index (χ0n) is 9.47. The fourth-order valence-corrected chi connectivity index (χ4v) is 1.81. The lowest BCUT2D eigenvalue weighted by Crippen LogP contribution is -2.05. The molecule has 2 aromatic rings. The molecule has 0 spiro atoms. The van der Waals surface area contributed by atoms with E-state index in [1.54, 1.807) is 12.1 Å². The van der Waals surface area contributed by atoms with Gasteiger partial charge in [0, 0.05) is 11.6 Å². The first-order valence-corrected chi connectivity index (χ1v) is 5.61. The van der Waals surface area contributed by atoms with E-state index in [0.717, 1.165) is 12.1 Å². The Hall–Kier alpha value is -2.27. The zero-order valence-corrected chi connectivity index (χ0v) is 10.2. The van der Waals surface area contributed by atoms with Crippen molar-refractivity contribution in [2.24, 2.45) is 0 Å². The number of nitro groups is 1. The number of nitro benzene ring substituents is 1. The van der Waals surface area contributed by atoms with E-state index < -0.39 is 22.2 Å². The molecule has 0 atom stereocenters. The SMILES string of the molecule is O=C(c1ccc([N+](=O)[O-])cc1F)c1ccccc1Cl. The average Bonchev–Trinajstić information content (AvgIpc) is 2.38. The number of benzene rings is 2. The van der Waals surface area contributed by atoms with Crippen LogP contribution in [0.25, 0.3) is 0 Å². The van der Waals surface area contributed by atoms with Crippen LogP contribution in [-0.2, 0) is 0 Å². The molecule has 0 aromatic heterocycles. The summed E-state index contributed by atoms with van der Waals surface area (Å²) >= 11 is 5.85. The highest BCUT2D eigenvalue weighted by Gasteiger charge is 2.19. The Morgan fingerprint density at radius 2 is 1.84 bits per heavy atom. The number of ketones is 1. The van der Waals surface area contributed by atoms with Crippen LogP contribution in [0.4, 0.5) is 10.1 Å². The summed E-state index contributed by atoms with van der Waals surface area (Å²) in [5.41, 5.74) is -0.510. The van der Waals surface area contributed by atoms with Crippen molar-refractivity contribution in [2.75, 3.05) is 0 Å². The zero-order chi connectivity index (χ0) is 14.0. The summed E-state index contributed by atoms with van der Waals surface area (Å²) in [7, 11) is 0. The van der Waals surface area contributed by atoms with Crippen molar-refractivity contribution in [1.29, 1.82) is 0 Å². The van der Waals surface area contributed by atoms with Crippen molar-refractivity contribution in [2.45, 2.75) is 0 Å². The molecule has 0 amide bonds. The molecule has 0 fully saturated rings. The highest BCUT2D eigenvalue weighted by molar-refractivity contribution is 6.35. The van der Waals surface area contributed by atoms with Crippen LogP contribution < -0.4 is 0 Å². The monoisotopic (exact) mass is 279 g/mol. The van der Waals surface area contributed by atoms with Crippen molar-refractivity contribution in [3.63, 3.8) is 0 Å². The molecule has 0 aliphatic heterocycles. The van der Waals surface area contributed by atoms with Gasteiger partial charge in [0.05, 0.1) is 21.6 Å². The lowest BCUT2D eigenvalue weighted by atomic mass is 10.0. The molecule has 96 valence electrons. The fraction of sp³-hybridized carbons (Fsp3) is 0. The molecule has 0 unspecified atom stereocenters. The summed E-state index contributed by atoms with van der Waals surface area (Å²) in [5, 5.41) is 10.7. The highest BCUT2D eigenvalue weighted by atomic mass is 35.5. The van der Waals surface area contributed by atoms with Gasteiger partial charge in [-0.15, -0.1) is 0 Å². The number of carbonyl (C=O) groups is 1. The molecule has 0 aliphatic rings. The topological polar surface area (TPSA) is 60.2 Å². The van der Waals surface area contributed by atoms with Crippen LogP contribution >= 0.6 is 11.6 Å². The maximum atomic E-state index is 13.7. The lowest BCUT2D eigenvalue weighted by Gasteiger charge is -2.04. The largest absolute Gasteiger partial charge is 0.288 e. The summed E-state index contributed by atoms with van der Waals surface area (Å²) in [4.78, 5) is 21.8. The fourth-order valence-electron chi connectivity index (χ4n) is 1.59. The van der Waals surface area contributed by atoms with Gasteiger partial charge in [-0.05, 0) is 18.2 Å². The van der Waals surface area contributed by atoms with Crippen LogP contribution in [0.3, 0.4) is 0 Å². The van der Waals surface area contributed by atoms with Gasteiger partial charge in [-0.3, -0.25) is 14.9 Å². The van der Waals surface area contributed by atoms with Crippen molar-refractivity contribution in [1.82, 2.24) is 0 Å². The van der Waals surface area contributed by atoms with Crippen LogP contribution in [-0.4, -0.2) is 10.7 Å². The second kappa shape index (κ2) is 5.16. The minimum absolute atomic E-state index is 0.150. The predicted octanol–water partition coefficient (Wildman–Crippen LogP) is 3.62. The third-order valence-electron chi connectivity index (χ3n) is 2.53. The molecular formula is C13H7ClFNO3. The van der Waals surface area contributed by atoms with Crippen LogP contribution in [0.2, 0.25) is 5.02 Å². The van der Waals surface area contributed by atoms with Crippen LogP contribution in [0.15, 0.2) is 42.5 Å². The molecule has 4 nitrogen and oxygen atoms in total. The third kappa shape index (κ3) is 2.61. The number of hydrogen-bond acceptors (Lipinski definition) is 3. The van der Waals surface area contributed by atoms with Crippen molar-refractivity contribution < 1.29 is 14.1 Å². The van der Waals surface area contributed by atoms with E-state index in [4.69, 9.17) is 11.6 Å². The van der Waals surface area contributed by atoms with E-state index in [0.29, 0.717) is 6.07 Å². The van der Waals surface area contributed by atoms with Gasteiger partial charge in [-0.1, -0.05) is 23.7 Å². The second-order valence-corrected chi connectivity index (χ2v) is 4.14. The average molecular weight is 280 g/mol. The van der Waals surface area contributed by atoms with Crippen molar-refractivity contribution in [3.05, 3.63) is 74.5 Å². The molecule has 0 heterocycles. The maximum absolute atomic E-state index is 13.7. The number of carbonyl (C=O) groups excluding carboxylic acids is 1. The number of non-ortho nitro benzene ring substituents is 1. The van der Waals surface area contributed by atoms with E-state index in [1.807, 2.05) is 0 Å². The van der Waals surface area contributed by atoms with Crippen molar-refractivity contribution in [3.8, 4) is 0 Å². The highest BCUT2D eigenvalue weighted by Crippen LogP contribution is 2.23. The molecule has 0 N–H and O–H groups in total. The number of rotatable bonds is 3. The first-order valence-electron chi connectivity index (χ1n) is 5.24. The van der Waals surface area contributed by atoms with E-state index in [1.165, 1.54) is 12.1 Å². The van der Waals surface area contributed by atoms with Crippen LogP contribution in [0, 0.1) is 15.9 Å².